The molecule has 2 aliphatic rings. The summed E-state index contributed by atoms with van der Waals surface area (Å²) in [6.07, 6.45) is 4.54. The van der Waals surface area contributed by atoms with Gasteiger partial charge in [0.05, 0.1) is 0 Å². The molecule has 100 valence electrons. The summed E-state index contributed by atoms with van der Waals surface area (Å²) in [4.78, 5) is 9.28. The zero-order valence-corrected chi connectivity index (χ0v) is 11.5. The number of aliphatic hydroxyl groups excluding tert-OH is 1. The number of anilines is 1. The van der Waals surface area contributed by atoms with Crippen LogP contribution >= 0.6 is 11.3 Å². The lowest BCUT2D eigenvalue weighted by molar-refractivity contribution is 0.176. The fourth-order valence-electron chi connectivity index (χ4n) is 3.18. The largest absolute Gasteiger partial charge is 0.396 e. The topological polar surface area (TPSA) is 39.6 Å². The third kappa shape index (κ3) is 2.53. The molecule has 4 nitrogen and oxygen atoms in total. The Kier molecular flexibility index (Phi) is 3.82. The van der Waals surface area contributed by atoms with Gasteiger partial charge in [-0.1, -0.05) is 0 Å². The zero-order valence-electron chi connectivity index (χ0n) is 10.7. The summed E-state index contributed by atoms with van der Waals surface area (Å²) in [6.45, 7) is 5.95. The number of rotatable bonds is 4. The first-order valence-corrected chi connectivity index (χ1v) is 7.72. The van der Waals surface area contributed by atoms with Gasteiger partial charge in [-0.05, 0) is 31.8 Å². The van der Waals surface area contributed by atoms with Gasteiger partial charge in [-0.25, -0.2) is 4.98 Å². The van der Waals surface area contributed by atoms with Crippen molar-refractivity contribution >= 4 is 16.5 Å². The maximum atomic E-state index is 9.56. The molecule has 0 unspecified atom stereocenters. The van der Waals surface area contributed by atoms with Gasteiger partial charge in [0.1, 0.15) is 0 Å². The Morgan fingerprint density at radius 1 is 1.28 bits per heavy atom. The molecule has 18 heavy (non-hydrogen) atoms. The molecule has 2 atom stereocenters. The highest BCUT2D eigenvalue weighted by Crippen LogP contribution is 2.30. The van der Waals surface area contributed by atoms with Crippen LogP contribution in [0.1, 0.15) is 12.8 Å². The van der Waals surface area contributed by atoms with Crippen molar-refractivity contribution in [1.82, 2.24) is 9.88 Å². The second kappa shape index (κ2) is 5.55. The summed E-state index contributed by atoms with van der Waals surface area (Å²) in [7, 11) is 0. The maximum absolute atomic E-state index is 9.56. The lowest BCUT2D eigenvalue weighted by Gasteiger charge is -2.22. The smallest absolute Gasteiger partial charge is 0.185 e. The number of nitrogens with zero attached hydrogens (tertiary/aromatic N) is 3. The lowest BCUT2D eigenvalue weighted by atomic mass is 9.96. The summed E-state index contributed by atoms with van der Waals surface area (Å²) in [5, 5.41) is 12.7. The first-order valence-electron chi connectivity index (χ1n) is 6.84. The van der Waals surface area contributed by atoms with E-state index in [0.717, 1.165) is 24.8 Å². The van der Waals surface area contributed by atoms with Gasteiger partial charge < -0.3 is 14.9 Å². The van der Waals surface area contributed by atoms with E-state index in [2.05, 4.69) is 14.8 Å². The Hall–Kier alpha value is -0.650. The van der Waals surface area contributed by atoms with Gasteiger partial charge in [0, 0.05) is 43.7 Å². The van der Waals surface area contributed by atoms with Crippen LogP contribution in [-0.2, 0) is 0 Å². The number of aliphatic hydroxyl groups is 1. The van der Waals surface area contributed by atoms with E-state index >= 15 is 0 Å². The quantitative estimate of drug-likeness (QED) is 0.892. The average Bonchev–Trinajstić information content (AvgIpc) is 3.10. The van der Waals surface area contributed by atoms with Crippen LogP contribution < -0.4 is 4.90 Å². The van der Waals surface area contributed by atoms with Crippen LogP contribution in [0.5, 0.6) is 0 Å². The normalized spacial score (nSPS) is 29.3. The number of likely N-dealkylation sites (tertiary alicyclic amines) is 1. The molecule has 3 rings (SSSR count). The molecule has 1 N–H and O–H groups in total. The predicted molar refractivity (Wildman–Crippen MR) is 74.1 cm³/mol. The van der Waals surface area contributed by atoms with Crippen LogP contribution in [0.2, 0.25) is 0 Å². The third-order valence-electron chi connectivity index (χ3n) is 4.19. The molecule has 0 radical (unpaired) electrons. The second-order valence-electron chi connectivity index (χ2n) is 5.43. The van der Waals surface area contributed by atoms with E-state index in [4.69, 9.17) is 0 Å². The van der Waals surface area contributed by atoms with Crippen LogP contribution in [0.3, 0.4) is 0 Å². The van der Waals surface area contributed by atoms with E-state index in [1.807, 2.05) is 11.6 Å². The standard InChI is InChI=1S/C13H21N3OS/c17-10-12-9-16(13-14-3-6-18-13)8-11(12)7-15-4-1-2-5-15/h3,6,11-12,17H,1-2,4-5,7-10H2/t11-,12-/m1/s1. The molecule has 2 fully saturated rings. The molecule has 0 aliphatic carbocycles. The molecule has 1 aromatic rings. The zero-order chi connectivity index (χ0) is 12.4. The van der Waals surface area contributed by atoms with E-state index < -0.39 is 0 Å². The minimum Gasteiger partial charge on any atom is -0.396 e. The van der Waals surface area contributed by atoms with Gasteiger partial charge >= 0.3 is 0 Å². The van der Waals surface area contributed by atoms with Gasteiger partial charge in [-0.2, -0.15) is 0 Å². The molecule has 0 bridgehead atoms. The Labute approximate surface area is 112 Å². The van der Waals surface area contributed by atoms with Gasteiger partial charge in [0.15, 0.2) is 5.13 Å². The highest BCUT2D eigenvalue weighted by atomic mass is 32.1. The molecular formula is C13H21N3OS. The van der Waals surface area contributed by atoms with E-state index in [0.29, 0.717) is 18.4 Å². The van der Waals surface area contributed by atoms with Crippen molar-refractivity contribution in [3.63, 3.8) is 0 Å². The molecule has 0 aromatic carbocycles. The van der Waals surface area contributed by atoms with Crippen LogP contribution in [0, 0.1) is 11.8 Å². The molecular weight excluding hydrogens is 246 g/mol. The third-order valence-corrected chi connectivity index (χ3v) is 5.02. The van der Waals surface area contributed by atoms with E-state index in [-0.39, 0.29) is 0 Å². The molecule has 5 heteroatoms. The highest BCUT2D eigenvalue weighted by Gasteiger charge is 2.34. The summed E-state index contributed by atoms with van der Waals surface area (Å²) >= 11 is 1.70. The fourth-order valence-corrected chi connectivity index (χ4v) is 3.84. The highest BCUT2D eigenvalue weighted by molar-refractivity contribution is 7.13. The molecule has 0 spiro atoms. The van der Waals surface area contributed by atoms with Crippen molar-refractivity contribution < 1.29 is 5.11 Å². The predicted octanol–water partition coefficient (Wildman–Crippen LogP) is 1.28. The van der Waals surface area contributed by atoms with Gasteiger partial charge in [-0.3, -0.25) is 0 Å². The fraction of sp³-hybridized carbons (Fsp3) is 0.769. The number of thiazole rings is 1. The van der Waals surface area contributed by atoms with Crippen molar-refractivity contribution in [1.29, 1.82) is 0 Å². The summed E-state index contributed by atoms with van der Waals surface area (Å²) in [5.41, 5.74) is 0. The number of aromatic nitrogens is 1. The minimum atomic E-state index is 0.306. The molecule has 1 aromatic heterocycles. The molecule has 0 amide bonds. The maximum Gasteiger partial charge on any atom is 0.185 e. The summed E-state index contributed by atoms with van der Waals surface area (Å²) in [5.74, 6) is 1.01. The van der Waals surface area contributed by atoms with Gasteiger partial charge in [0.2, 0.25) is 0 Å². The van der Waals surface area contributed by atoms with Gasteiger partial charge in [0.25, 0.3) is 0 Å². The van der Waals surface area contributed by atoms with Crippen LogP contribution in [0.4, 0.5) is 5.13 Å². The van der Waals surface area contributed by atoms with Crippen molar-refractivity contribution in [2.75, 3.05) is 44.2 Å². The van der Waals surface area contributed by atoms with E-state index in [1.165, 1.54) is 25.9 Å². The summed E-state index contributed by atoms with van der Waals surface area (Å²) < 4.78 is 0. The average molecular weight is 267 g/mol. The monoisotopic (exact) mass is 267 g/mol. The first-order chi connectivity index (χ1) is 8.86. The lowest BCUT2D eigenvalue weighted by Crippen LogP contribution is -2.31. The van der Waals surface area contributed by atoms with Crippen molar-refractivity contribution in [3.8, 4) is 0 Å². The number of hydrogen-bond donors (Lipinski definition) is 1. The van der Waals surface area contributed by atoms with Crippen molar-refractivity contribution in [2.24, 2.45) is 11.8 Å². The molecule has 2 saturated heterocycles. The van der Waals surface area contributed by atoms with Crippen LogP contribution in [0.25, 0.3) is 0 Å². The second-order valence-corrected chi connectivity index (χ2v) is 6.30. The Balaban J connectivity index is 1.62. The Bertz CT molecular complexity index is 364. The SMILES string of the molecule is OC[C@H]1CN(c2nccs2)C[C@H]1CN1CCCC1. The van der Waals surface area contributed by atoms with Crippen molar-refractivity contribution in [3.05, 3.63) is 11.6 Å². The minimum absolute atomic E-state index is 0.306. The Morgan fingerprint density at radius 3 is 2.72 bits per heavy atom. The van der Waals surface area contributed by atoms with Crippen LogP contribution in [-0.4, -0.2) is 54.3 Å². The first kappa shape index (κ1) is 12.4. The molecule has 2 aliphatic heterocycles. The molecule has 0 saturated carbocycles. The summed E-state index contributed by atoms with van der Waals surface area (Å²) in [6, 6.07) is 0. The van der Waals surface area contributed by atoms with E-state index in [9.17, 15) is 5.11 Å². The van der Waals surface area contributed by atoms with Gasteiger partial charge in [-0.15, -0.1) is 11.3 Å². The van der Waals surface area contributed by atoms with Crippen LogP contribution in [0.15, 0.2) is 11.6 Å². The molecule has 3 heterocycles. The van der Waals surface area contributed by atoms with Crippen molar-refractivity contribution in [2.45, 2.75) is 12.8 Å². The van der Waals surface area contributed by atoms with E-state index in [1.54, 1.807) is 11.3 Å². The number of hydrogen-bond acceptors (Lipinski definition) is 5. The Morgan fingerprint density at radius 2 is 2.06 bits per heavy atom.